The minimum absolute atomic E-state index is 0.0125. The van der Waals surface area contributed by atoms with Gasteiger partial charge in [-0.3, -0.25) is 10.1 Å². The standard InChI is InChI=1S/C16H15N5O2/c22-21(23)15-3-1-9-17-16(15)18-11-8-13-4-6-14(7-5-13)20-12-2-10-19-20/h1-7,9-10,12H,8,11H2,(H,17,18). The highest BCUT2D eigenvalue weighted by molar-refractivity contribution is 5.55. The molecule has 0 aliphatic carbocycles. The molecule has 0 fully saturated rings. The summed E-state index contributed by atoms with van der Waals surface area (Å²) in [4.78, 5) is 14.5. The molecule has 2 aromatic heterocycles. The second-order valence-corrected chi connectivity index (χ2v) is 4.92. The van der Waals surface area contributed by atoms with Crippen LogP contribution in [-0.2, 0) is 6.42 Å². The number of benzene rings is 1. The minimum Gasteiger partial charge on any atom is -0.364 e. The number of nitro groups is 1. The quantitative estimate of drug-likeness (QED) is 0.559. The Hall–Kier alpha value is -3.22. The molecule has 0 saturated carbocycles. The lowest BCUT2D eigenvalue weighted by atomic mass is 10.1. The molecule has 7 heteroatoms. The fourth-order valence-corrected chi connectivity index (χ4v) is 2.24. The van der Waals surface area contributed by atoms with Crippen LogP contribution in [0, 0.1) is 10.1 Å². The van der Waals surface area contributed by atoms with E-state index in [1.165, 1.54) is 12.3 Å². The molecule has 1 N–H and O–H groups in total. The average Bonchev–Trinajstić information content (AvgIpc) is 3.10. The van der Waals surface area contributed by atoms with Crippen molar-refractivity contribution in [3.8, 4) is 5.69 Å². The van der Waals surface area contributed by atoms with Crippen LogP contribution in [0.1, 0.15) is 5.56 Å². The van der Waals surface area contributed by atoms with Crippen LogP contribution in [0.15, 0.2) is 61.1 Å². The van der Waals surface area contributed by atoms with Gasteiger partial charge in [0.25, 0.3) is 0 Å². The predicted molar refractivity (Wildman–Crippen MR) is 86.6 cm³/mol. The Morgan fingerprint density at radius 1 is 1.13 bits per heavy atom. The molecule has 3 aromatic rings. The summed E-state index contributed by atoms with van der Waals surface area (Å²) in [6.45, 7) is 0.568. The van der Waals surface area contributed by atoms with Crippen LogP contribution in [0.25, 0.3) is 5.69 Å². The van der Waals surface area contributed by atoms with Gasteiger partial charge in [0.1, 0.15) is 0 Å². The lowest BCUT2D eigenvalue weighted by molar-refractivity contribution is -0.384. The summed E-state index contributed by atoms with van der Waals surface area (Å²) in [5.74, 6) is 0.297. The first-order valence-electron chi connectivity index (χ1n) is 7.16. The number of rotatable bonds is 6. The largest absolute Gasteiger partial charge is 0.364 e. The van der Waals surface area contributed by atoms with Gasteiger partial charge in [0.15, 0.2) is 0 Å². The van der Waals surface area contributed by atoms with E-state index in [2.05, 4.69) is 15.4 Å². The number of aromatic nitrogens is 3. The summed E-state index contributed by atoms with van der Waals surface area (Å²) in [5, 5.41) is 18.1. The normalized spacial score (nSPS) is 10.4. The first kappa shape index (κ1) is 14.7. The molecule has 0 unspecified atom stereocenters. The van der Waals surface area contributed by atoms with Crippen molar-refractivity contribution in [1.82, 2.24) is 14.8 Å². The fourth-order valence-electron chi connectivity index (χ4n) is 2.24. The second kappa shape index (κ2) is 6.69. The van der Waals surface area contributed by atoms with Gasteiger partial charge in [0, 0.05) is 31.2 Å². The zero-order chi connectivity index (χ0) is 16.1. The second-order valence-electron chi connectivity index (χ2n) is 4.92. The zero-order valence-electron chi connectivity index (χ0n) is 12.3. The maximum atomic E-state index is 10.9. The smallest absolute Gasteiger partial charge is 0.311 e. The van der Waals surface area contributed by atoms with E-state index >= 15 is 0 Å². The van der Waals surface area contributed by atoms with Gasteiger partial charge in [0.2, 0.25) is 5.82 Å². The van der Waals surface area contributed by atoms with E-state index < -0.39 is 4.92 Å². The van der Waals surface area contributed by atoms with Gasteiger partial charge in [-0.2, -0.15) is 5.10 Å². The highest BCUT2D eigenvalue weighted by atomic mass is 16.6. The van der Waals surface area contributed by atoms with Crippen LogP contribution < -0.4 is 5.32 Å². The maximum Gasteiger partial charge on any atom is 0.311 e. The molecule has 0 saturated heterocycles. The molecule has 116 valence electrons. The predicted octanol–water partition coefficient (Wildman–Crippen LogP) is 2.83. The topological polar surface area (TPSA) is 85.9 Å². The van der Waals surface area contributed by atoms with E-state index in [1.54, 1.807) is 16.9 Å². The molecule has 23 heavy (non-hydrogen) atoms. The van der Waals surface area contributed by atoms with Crippen molar-refractivity contribution in [1.29, 1.82) is 0 Å². The molecule has 3 rings (SSSR count). The van der Waals surface area contributed by atoms with Crippen LogP contribution in [0.4, 0.5) is 11.5 Å². The Labute approximate surface area is 132 Å². The van der Waals surface area contributed by atoms with E-state index in [1.807, 2.05) is 36.5 Å². The Balaban J connectivity index is 1.60. The molecule has 0 aliphatic rings. The van der Waals surface area contributed by atoms with Crippen molar-refractivity contribution in [3.05, 3.63) is 76.7 Å². The number of hydrogen-bond donors (Lipinski definition) is 1. The number of hydrogen-bond acceptors (Lipinski definition) is 5. The lowest BCUT2D eigenvalue weighted by Crippen LogP contribution is -2.08. The third kappa shape index (κ3) is 3.52. The Morgan fingerprint density at radius 2 is 1.96 bits per heavy atom. The van der Waals surface area contributed by atoms with E-state index in [0.717, 1.165) is 17.7 Å². The first-order valence-corrected chi connectivity index (χ1v) is 7.16. The highest BCUT2D eigenvalue weighted by Gasteiger charge is 2.13. The molecule has 0 bridgehead atoms. The van der Waals surface area contributed by atoms with Crippen LogP contribution in [-0.4, -0.2) is 26.2 Å². The molecule has 7 nitrogen and oxygen atoms in total. The van der Waals surface area contributed by atoms with Gasteiger partial charge >= 0.3 is 5.69 Å². The third-order valence-electron chi connectivity index (χ3n) is 3.39. The molecular weight excluding hydrogens is 294 g/mol. The molecule has 1 aromatic carbocycles. The summed E-state index contributed by atoms with van der Waals surface area (Å²) in [6, 6.07) is 12.9. The first-order chi connectivity index (χ1) is 11.2. The van der Waals surface area contributed by atoms with Crippen molar-refractivity contribution in [3.63, 3.8) is 0 Å². The summed E-state index contributed by atoms with van der Waals surface area (Å²) in [5.41, 5.74) is 2.11. The molecular formula is C16H15N5O2. The van der Waals surface area contributed by atoms with Crippen LogP contribution in [0.2, 0.25) is 0 Å². The van der Waals surface area contributed by atoms with Crippen LogP contribution in [0.5, 0.6) is 0 Å². The van der Waals surface area contributed by atoms with Crippen molar-refractivity contribution in [2.24, 2.45) is 0 Å². The van der Waals surface area contributed by atoms with Gasteiger partial charge < -0.3 is 5.32 Å². The highest BCUT2D eigenvalue weighted by Crippen LogP contribution is 2.20. The van der Waals surface area contributed by atoms with E-state index in [4.69, 9.17) is 0 Å². The van der Waals surface area contributed by atoms with Crippen molar-refractivity contribution < 1.29 is 4.92 Å². The van der Waals surface area contributed by atoms with Gasteiger partial charge in [0.05, 0.1) is 10.6 Å². The number of pyridine rings is 1. The van der Waals surface area contributed by atoms with Crippen molar-refractivity contribution in [2.75, 3.05) is 11.9 Å². The summed E-state index contributed by atoms with van der Waals surface area (Å²) in [7, 11) is 0. The molecule has 0 spiro atoms. The minimum atomic E-state index is -0.436. The Kier molecular flexibility index (Phi) is 4.28. The van der Waals surface area contributed by atoms with Gasteiger partial charge in [-0.1, -0.05) is 12.1 Å². The number of anilines is 1. The van der Waals surface area contributed by atoms with Gasteiger partial charge in [-0.15, -0.1) is 0 Å². The van der Waals surface area contributed by atoms with Crippen molar-refractivity contribution >= 4 is 11.5 Å². The summed E-state index contributed by atoms with van der Waals surface area (Å²) >= 11 is 0. The van der Waals surface area contributed by atoms with Crippen LogP contribution in [0.3, 0.4) is 0 Å². The van der Waals surface area contributed by atoms with E-state index in [9.17, 15) is 10.1 Å². The van der Waals surface area contributed by atoms with Gasteiger partial charge in [-0.25, -0.2) is 9.67 Å². The summed E-state index contributed by atoms with van der Waals surface area (Å²) in [6.07, 6.45) is 5.90. The maximum absolute atomic E-state index is 10.9. The van der Waals surface area contributed by atoms with Gasteiger partial charge in [-0.05, 0) is 36.2 Å². The van der Waals surface area contributed by atoms with Crippen molar-refractivity contribution in [2.45, 2.75) is 6.42 Å². The molecule has 0 aliphatic heterocycles. The molecule has 2 heterocycles. The number of nitrogens with one attached hydrogen (secondary N) is 1. The molecule has 0 atom stereocenters. The molecule has 0 radical (unpaired) electrons. The monoisotopic (exact) mass is 309 g/mol. The number of nitrogens with zero attached hydrogens (tertiary/aromatic N) is 4. The Morgan fingerprint density at radius 3 is 2.65 bits per heavy atom. The molecule has 0 amide bonds. The van der Waals surface area contributed by atoms with Crippen LogP contribution >= 0.6 is 0 Å². The fraction of sp³-hybridized carbons (Fsp3) is 0.125. The zero-order valence-corrected chi connectivity index (χ0v) is 12.3. The SMILES string of the molecule is O=[N+]([O-])c1cccnc1NCCc1ccc(-n2cccn2)cc1. The van der Waals surface area contributed by atoms with E-state index in [0.29, 0.717) is 12.4 Å². The Bertz CT molecular complexity index is 784. The average molecular weight is 309 g/mol. The lowest BCUT2D eigenvalue weighted by Gasteiger charge is -2.07. The third-order valence-corrected chi connectivity index (χ3v) is 3.39. The van der Waals surface area contributed by atoms with E-state index in [-0.39, 0.29) is 5.69 Å². The summed E-state index contributed by atoms with van der Waals surface area (Å²) < 4.78 is 1.79.